The number of hydrogen-bond acceptors (Lipinski definition) is 2. The van der Waals surface area contributed by atoms with Crippen molar-refractivity contribution in [3.63, 3.8) is 0 Å². The number of nitrogens with zero attached hydrogens (tertiary/aromatic N) is 1. The third-order valence-electron chi connectivity index (χ3n) is 3.75. The highest BCUT2D eigenvalue weighted by molar-refractivity contribution is 5.86. The smallest absolute Gasteiger partial charge is 0.352 e. The summed E-state index contributed by atoms with van der Waals surface area (Å²) in [6.45, 7) is 3.00. The quantitative estimate of drug-likeness (QED) is 0.851. The van der Waals surface area contributed by atoms with Gasteiger partial charge in [0, 0.05) is 12.7 Å². The second-order valence-electron chi connectivity index (χ2n) is 5.41. The molecule has 1 aliphatic carbocycles. The van der Waals surface area contributed by atoms with Crippen molar-refractivity contribution < 1.29 is 14.7 Å². The molecule has 2 N–H and O–H groups in total. The summed E-state index contributed by atoms with van der Waals surface area (Å²) in [6, 6.07) is 3.13. The van der Waals surface area contributed by atoms with Crippen molar-refractivity contribution in [2.24, 2.45) is 11.8 Å². The second-order valence-corrected chi connectivity index (χ2v) is 5.41. The topological polar surface area (TPSA) is 71.3 Å². The molecule has 1 aromatic heterocycles. The molecule has 1 amide bonds. The molecule has 2 rings (SSSR count). The predicted octanol–water partition coefficient (Wildman–Crippen LogP) is 1.74. The van der Waals surface area contributed by atoms with E-state index < -0.39 is 5.97 Å². The van der Waals surface area contributed by atoms with Gasteiger partial charge >= 0.3 is 5.97 Å². The minimum absolute atomic E-state index is 0.0664. The molecule has 0 radical (unpaired) electrons. The monoisotopic (exact) mass is 264 g/mol. The first kappa shape index (κ1) is 13.6. The van der Waals surface area contributed by atoms with Gasteiger partial charge < -0.3 is 15.0 Å². The number of aromatic carboxylic acids is 1. The maximum atomic E-state index is 11.8. The third-order valence-corrected chi connectivity index (χ3v) is 3.75. The predicted molar refractivity (Wildman–Crippen MR) is 70.9 cm³/mol. The SMILES string of the molecule is CC1CCC(CNC(=O)Cn2cccc2C(=O)O)C1. The number of hydrogen-bond donors (Lipinski definition) is 2. The zero-order valence-corrected chi connectivity index (χ0v) is 11.1. The molecule has 5 nitrogen and oxygen atoms in total. The van der Waals surface area contributed by atoms with Crippen LogP contribution in [0.3, 0.4) is 0 Å². The van der Waals surface area contributed by atoms with Gasteiger partial charge in [0.25, 0.3) is 0 Å². The van der Waals surface area contributed by atoms with E-state index in [4.69, 9.17) is 5.11 Å². The molecule has 5 heteroatoms. The van der Waals surface area contributed by atoms with Crippen LogP contribution in [0.15, 0.2) is 18.3 Å². The van der Waals surface area contributed by atoms with Gasteiger partial charge in [-0.15, -0.1) is 0 Å². The lowest BCUT2D eigenvalue weighted by molar-refractivity contribution is -0.121. The zero-order valence-electron chi connectivity index (χ0n) is 11.1. The van der Waals surface area contributed by atoms with Gasteiger partial charge in [-0.2, -0.15) is 0 Å². The summed E-state index contributed by atoms with van der Waals surface area (Å²) in [5.41, 5.74) is 0.143. The Kier molecular flexibility index (Phi) is 4.24. The molecule has 0 spiro atoms. The lowest BCUT2D eigenvalue weighted by Gasteiger charge is -2.12. The van der Waals surface area contributed by atoms with E-state index in [1.54, 1.807) is 12.3 Å². The van der Waals surface area contributed by atoms with Gasteiger partial charge in [-0.1, -0.05) is 13.3 Å². The Morgan fingerprint density at radius 3 is 2.89 bits per heavy atom. The fraction of sp³-hybridized carbons (Fsp3) is 0.571. The van der Waals surface area contributed by atoms with Crippen molar-refractivity contribution >= 4 is 11.9 Å². The van der Waals surface area contributed by atoms with E-state index in [0.29, 0.717) is 12.5 Å². The van der Waals surface area contributed by atoms with Crippen molar-refractivity contribution in [2.45, 2.75) is 32.7 Å². The molecule has 104 valence electrons. The van der Waals surface area contributed by atoms with E-state index in [1.807, 2.05) is 0 Å². The summed E-state index contributed by atoms with van der Waals surface area (Å²) < 4.78 is 1.45. The van der Waals surface area contributed by atoms with Crippen LogP contribution in [0, 0.1) is 11.8 Å². The Balaban J connectivity index is 1.81. The molecule has 2 unspecified atom stereocenters. The number of aromatic nitrogens is 1. The van der Waals surface area contributed by atoms with E-state index in [2.05, 4.69) is 12.2 Å². The van der Waals surface area contributed by atoms with Crippen molar-refractivity contribution in [3.8, 4) is 0 Å². The number of carbonyl (C=O) groups excluding carboxylic acids is 1. The van der Waals surface area contributed by atoms with Gasteiger partial charge in [-0.3, -0.25) is 4.79 Å². The van der Waals surface area contributed by atoms with Gasteiger partial charge in [0.15, 0.2) is 0 Å². The molecule has 0 aromatic carbocycles. The Bertz CT molecular complexity index is 467. The maximum Gasteiger partial charge on any atom is 0.352 e. The average molecular weight is 264 g/mol. The molecule has 1 aromatic rings. The van der Waals surface area contributed by atoms with Crippen molar-refractivity contribution in [3.05, 3.63) is 24.0 Å². The van der Waals surface area contributed by atoms with Crippen molar-refractivity contribution in [1.82, 2.24) is 9.88 Å². The summed E-state index contributed by atoms with van der Waals surface area (Å²) in [4.78, 5) is 22.7. The van der Waals surface area contributed by atoms with Crippen LogP contribution in [-0.2, 0) is 11.3 Å². The van der Waals surface area contributed by atoms with E-state index in [0.717, 1.165) is 5.92 Å². The molecule has 1 fully saturated rings. The Labute approximate surface area is 112 Å². The zero-order chi connectivity index (χ0) is 13.8. The maximum absolute atomic E-state index is 11.8. The summed E-state index contributed by atoms with van der Waals surface area (Å²) in [5, 5.41) is 11.8. The molecule has 0 saturated heterocycles. The van der Waals surface area contributed by atoms with Gasteiger partial charge in [0.2, 0.25) is 5.91 Å². The summed E-state index contributed by atoms with van der Waals surface area (Å²) in [6.07, 6.45) is 5.19. The van der Waals surface area contributed by atoms with Crippen LogP contribution in [-0.4, -0.2) is 28.1 Å². The molecule has 0 bridgehead atoms. The number of rotatable bonds is 5. The van der Waals surface area contributed by atoms with Crippen molar-refractivity contribution in [2.75, 3.05) is 6.54 Å². The minimum Gasteiger partial charge on any atom is -0.477 e. The van der Waals surface area contributed by atoms with Crippen LogP contribution < -0.4 is 5.32 Å². The van der Waals surface area contributed by atoms with Crippen LogP contribution in [0.1, 0.15) is 36.7 Å². The molecule has 1 heterocycles. The lowest BCUT2D eigenvalue weighted by atomic mass is 10.1. The first-order valence-electron chi connectivity index (χ1n) is 6.71. The standard InChI is InChI=1S/C14H20N2O3/c1-10-4-5-11(7-10)8-15-13(17)9-16-6-2-3-12(16)14(18)19/h2-3,6,10-11H,4-5,7-9H2,1H3,(H,15,17)(H,18,19). The Hall–Kier alpha value is -1.78. The molecular formula is C14H20N2O3. The normalized spacial score (nSPS) is 22.4. The molecule has 2 atom stereocenters. The van der Waals surface area contributed by atoms with Gasteiger partial charge in [0.1, 0.15) is 12.2 Å². The summed E-state index contributed by atoms with van der Waals surface area (Å²) >= 11 is 0. The Morgan fingerprint density at radius 2 is 2.26 bits per heavy atom. The molecule has 19 heavy (non-hydrogen) atoms. The highest BCUT2D eigenvalue weighted by atomic mass is 16.4. The van der Waals surface area contributed by atoms with Gasteiger partial charge in [-0.25, -0.2) is 4.79 Å². The second kappa shape index (κ2) is 5.91. The Morgan fingerprint density at radius 1 is 1.47 bits per heavy atom. The molecule has 1 saturated carbocycles. The number of carboxylic acid groups (broad SMARTS) is 1. The molecule has 0 aliphatic heterocycles. The third kappa shape index (κ3) is 3.59. The molecule has 1 aliphatic rings. The largest absolute Gasteiger partial charge is 0.477 e. The number of amides is 1. The summed E-state index contributed by atoms with van der Waals surface area (Å²) in [5.74, 6) is 0.188. The fourth-order valence-electron chi connectivity index (χ4n) is 2.73. The van der Waals surface area contributed by atoms with E-state index in [9.17, 15) is 9.59 Å². The van der Waals surface area contributed by atoms with Crippen LogP contribution in [0.25, 0.3) is 0 Å². The summed E-state index contributed by atoms with van der Waals surface area (Å²) in [7, 11) is 0. The van der Waals surface area contributed by atoms with E-state index in [-0.39, 0.29) is 18.1 Å². The minimum atomic E-state index is -1.01. The average Bonchev–Trinajstić information content (AvgIpc) is 2.95. The fourth-order valence-corrected chi connectivity index (χ4v) is 2.73. The van der Waals surface area contributed by atoms with Gasteiger partial charge in [-0.05, 0) is 36.8 Å². The number of carboxylic acids is 1. The van der Waals surface area contributed by atoms with Crippen LogP contribution in [0.5, 0.6) is 0 Å². The highest BCUT2D eigenvalue weighted by Crippen LogP contribution is 2.29. The van der Waals surface area contributed by atoms with Crippen LogP contribution >= 0.6 is 0 Å². The molecular weight excluding hydrogens is 244 g/mol. The first-order chi connectivity index (χ1) is 9.06. The first-order valence-corrected chi connectivity index (χ1v) is 6.71. The van der Waals surface area contributed by atoms with Crippen molar-refractivity contribution in [1.29, 1.82) is 0 Å². The van der Waals surface area contributed by atoms with Gasteiger partial charge in [0.05, 0.1) is 0 Å². The van der Waals surface area contributed by atoms with Crippen LogP contribution in [0.2, 0.25) is 0 Å². The van der Waals surface area contributed by atoms with E-state index in [1.165, 1.54) is 29.9 Å². The highest BCUT2D eigenvalue weighted by Gasteiger charge is 2.21. The number of nitrogens with one attached hydrogen (secondary N) is 1. The number of carbonyl (C=O) groups is 2. The van der Waals surface area contributed by atoms with E-state index >= 15 is 0 Å². The van der Waals surface area contributed by atoms with Crippen LogP contribution in [0.4, 0.5) is 0 Å². The lowest BCUT2D eigenvalue weighted by Crippen LogP contribution is -2.32.